The van der Waals surface area contributed by atoms with E-state index in [0.717, 1.165) is 9.79 Å². The summed E-state index contributed by atoms with van der Waals surface area (Å²) in [5.74, 6) is -0.950. The molecule has 0 radical (unpaired) electrons. The molecule has 0 saturated carbocycles. The van der Waals surface area contributed by atoms with Crippen molar-refractivity contribution in [2.24, 2.45) is 0 Å². The van der Waals surface area contributed by atoms with E-state index in [1.165, 1.54) is 11.8 Å². The average Bonchev–Trinajstić information content (AvgIpc) is 2.78. The van der Waals surface area contributed by atoms with E-state index < -0.39 is 5.97 Å². The van der Waals surface area contributed by atoms with Crippen molar-refractivity contribution in [2.45, 2.75) is 9.79 Å². The molecule has 0 fully saturated rings. The highest BCUT2D eigenvalue weighted by Crippen LogP contribution is 2.28. The SMILES string of the molecule is O=C(O)c1ccc(Sc2cnc3[nH]c(=O)[nH]c3c2)cc1. The Hall–Kier alpha value is -2.54. The molecule has 3 N–H and O–H groups in total. The van der Waals surface area contributed by atoms with Gasteiger partial charge in [-0.25, -0.2) is 14.6 Å². The number of H-pyrrole nitrogens is 2. The first kappa shape index (κ1) is 12.5. The normalized spacial score (nSPS) is 10.8. The molecule has 3 aromatic rings. The van der Waals surface area contributed by atoms with Gasteiger partial charge in [-0.1, -0.05) is 11.8 Å². The lowest BCUT2D eigenvalue weighted by Gasteiger charge is -2.02. The third-order valence-electron chi connectivity index (χ3n) is 2.68. The standard InChI is InChI=1S/C13H9N3O3S/c17-12(18)7-1-3-8(4-2-7)20-9-5-10-11(14-6-9)16-13(19)15-10/h1-6H,(H,17,18)(H2,14,15,16,19). The Balaban J connectivity index is 1.88. The Morgan fingerprint density at radius 2 is 1.90 bits per heavy atom. The van der Waals surface area contributed by atoms with E-state index >= 15 is 0 Å². The van der Waals surface area contributed by atoms with Crippen molar-refractivity contribution in [1.82, 2.24) is 15.0 Å². The monoisotopic (exact) mass is 287 g/mol. The maximum atomic E-state index is 11.1. The molecule has 0 unspecified atom stereocenters. The average molecular weight is 287 g/mol. The van der Waals surface area contributed by atoms with Crippen LogP contribution in [-0.4, -0.2) is 26.0 Å². The molecule has 1 aromatic carbocycles. The second-order valence-corrected chi connectivity index (χ2v) is 5.22. The smallest absolute Gasteiger partial charge is 0.335 e. The van der Waals surface area contributed by atoms with E-state index in [-0.39, 0.29) is 11.3 Å². The molecule has 2 heterocycles. The van der Waals surface area contributed by atoms with Crippen LogP contribution in [0.2, 0.25) is 0 Å². The first-order valence-electron chi connectivity index (χ1n) is 5.71. The second kappa shape index (κ2) is 4.86. The van der Waals surface area contributed by atoms with Gasteiger partial charge in [0.15, 0.2) is 5.65 Å². The van der Waals surface area contributed by atoms with E-state index in [2.05, 4.69) is 15.0 Å². The fraction of sp³-hybridized carbons (Fsp3) is 0. The summed E-state index contributed by atoms with van der Waals surface area (Å²) in [6.07, 6.45) is 1.65. The van der Waals surface area contributed by atoms with Gasteiger partial charge in [0.1, 0.15) is 0 Å². The van der Waals surface area contributed by atoms with Crippen LogP contribution >= 0.6 is 11.8 Å². The fourth-order valence-corrected chi connectivity index (χ4v) is 2.59. The van der Waals surface area contributed by atoms with Crippen LogP contribution < -0.4 is 5.69 Å². The van der Waals surface area contributed by atoms with Crippen molar-refractivity contribution < 1.29 is 9.90 Å². The molecule has 7 heteroatoms. The van der Waals surface area contributed by atoms with E-state index in [9.17, 15) is 9.59 Å². The van der Waals surface area contributed by atoms with Crippen molar-refractivity contribution in [3.05, 3.63) is 52.6 Å². The van der Waals surface area contributed by atoms with Crippen molar-refractivity contribution in [1.29, 1.82) is 0 Å². The van der Waals surface area contributed by atoms with Gasteiger partial charge in [-0.15, -0.1) is 0 Å². The number of nitrogens with one attached hydrogen (secondary N) is 2. The Morgan fingerprint density at radius 3 is 2.60 bits per heavy atom. The summed E-state index contributed by atoms with van der Waals surface area (Å²) in [6.45, 7) is 0. The van der Waals surface area contributed by atoms with Crippen LogP contribution in [0.3, 0.4) is 0 Å². The van der Waals surface area contributed by atoms with Crippen LogP contribution in [-0.2, 0) is 0 Å². The Morgan fingerprint density at radius 1 is 1.15 bits per heavy atom. The van der Waals surface area contributed by atoms with Gasteiger partial charge in [0.25, 0.3) is 0 Å². The second-order valence-electron chi connectivity index (χ2n) is 4.08. The summed E-state index contributed by atoms with van der Waals surface area (Å²) in [6, 6.07) is 8.38. The number of carboxylic acids is 1. The summed E-state index contributed by atoms with van der Waals surface area (Å²) < 4.78 is 0. The number of benzene rings is 1. The first-order valence-corrected chi connectivity index (χ1v) is 6.53. The fourth-order valence-electron chi connectivity index (χ4n) is 1.76. The number of pyridine rings is 1. The van der Waals surface area contributed by atoms with Gasteiger partial charge in [0.2, 0.25) is 0 Å². The third kappa shape index (κ3) is 2.43. The highest BCUT2D eigenvalue weighted by molar-refractivity contribution is 7.99. The number of hydrogen-bond acceptors (Lipinski definition) is 4. The molecular formula is C13H9N3O3S. The van der Waals surface area contributed by atoms with E-state index in [4.69, 9.17) is 5.11 Å². The van der Waals surface area contributed by atoms with E-state index in [1.807, 2.05) is 6.07 Å². The predicted molar refractivity (Wildman–Crippen MR) is 74.2 cm³/mol. The molecular weight excluding hydrogens is 278 g/mol. The maximum absolute atomic E-state index is 11.1. The van der Waals surface area contributed by atoms with Gasteiger partial charge in [-0.05, 0) is 30.3 Å². The summed E-state index contributed by atoms with van der Waals surface area (Å²) >= 11 is 1.44. The van der Waals surface area contributed by atoms with Crippen LogP contribution in [0.1, 0.15) is 10.4 Å². The lowest BCUT2D eigenvalue weighted by atomic mass is 10.2. The molecule has 0 aliphatic rings. The Bertz CT molecular complexity index is 836. The maximum Gasteiger partial charge on any atom is 0.335 e. The Labute approximate surface area is 116 Å². The van der Waals surface area contributed by atoms with Crippen LogP contribution in [0.15, 0.2) is 51.1 Å². The number of rotatable bonds is 3. The number of aromatic nitrogens is 3. The predicted octanol–water partition coefficient (Wildman–Crippen LogP) is 2.10. The third-order valence-corrected chi connectivity index (χ3v) is 3.65. The van der Waals surface area contributed by atoms with E-state index in [0.29, 0.717) is 11.2 Å². The quantitative estimate of drug-likeness (QED) is 0.685. The number of hydrogen-bond donors (Lipinski definition) is 3. The van der Waals surface area contributed by atoms with Crippen LogP contribution in [0, 0.1) is 0 Å². The minimum atomic E-state index is -0.950. The van der Waals surface area contributed by atoms with Crippen LogP contribution in [0.25, 0.3) is 11.2 Å². The van der Waals surface area contributed by atoms with Crippen molar-refractivity contribution in [2.75, 3.05) is 0 Å². The molecule has 100 valence electrons. The number of fused-ring (bicyclic) bond motifs is 1. The number of aromatic carboxylic acids is 1. The minimum absolute atomic E-state index is 0.248. The molecule has 0 spiro atoms. The number of carboxylic acid groups (broad SMARTS) is 1. The summed E-state index contributed by atoms with van der Waals surface area (Å²) in [7, 11) is 0. The molecule has 0 aliphatic carbocycles. The molecule has 0 bridgehead atoms. The highest BCUT2D eigenvalue weighted by atomic mass is 32.2. The molecule has 0 saturated heterocycles. The molecule has 0 aliphatic heterocycles. The molecule has 2 aromatic heterocycles. The topological polar surface area (TPSA) is 98.8 Å². The zero-order valence-electron chi connectivity index (χ0n) is 10.1. The van der Waals surface area contributed by atoms with Gasteiger partial charge in [-0.3, -0.25) is 4.98 Å². The summed E-state index contributed by atoms with van der Waals surface area (Å²) in [4.78, 5) is 33.0. The summed E-state index contributed by atoms with van der Waals surface area (Å²) in [5.41, 5.74) is 1.11. The van der Waals surface area contributed by atoms with Gasteiger partial charge in [0, 0.05) is 16.0 Å². The van der Waals surface area contributed by atoms with Crippen molar-refractivity contribution in [3.63, 3.8) is 0 Å². The molecule has 0 atom stereocenters. The molecule has 3 rings (SSSR count). The highest BCUT2D eigenvalue weighted by Gasteiger charge is 2.05. The lowest BCUT2D eigenvalue weighted by Crippen LogP contribution is -1.99. The lowest BCUT2D eigenvalue weighted by molar-refractivity contribution is 0.0697. The molecule has 0 amide bonds. The van der Waals surface area contributed by atoms with Gasteiger partial charge in [0.05, 0.1) is 11.1 Å². The van der Waals surface area contributed by atoms with Gasteiger partial charge in [-0.2, -0.15) is 0 Å². The van der Waals surface area contributed by atoms with Crippen LogP contribution in [0.4, 0.5) is 0 Å². The summed E-state index contributed by atoms with van der Waals surface area (Å²) in [5, 5.41) is 8.83. The Kier molecular flexibility index (Phi) is 3.03. The van der Waals surface area contributed by atoms with Crippen LogP contribution in [0.5, 0.6) is 0 Å². The van der Waals surface area contributed by atoms with Crippen molar-refractivity contribution in [3.8, 4) is 0 Å². The number of nitrogens with zero attached hydrogens (tertiary/aromatic N) is 1. The zero-order chi connectivity index (χ0) is 14.1. The van der Waals surface area contributed by atoms with E-state index in [1.54, 1.807) is 30.5 Å². The van der Waals surface area contributed by atoms with Gasteiger partial charge >= 0.3 is 11.7 Å². The van der Waals surface area contributed by atoms with Gasteiger partial charge < -0.3 is 10.1 Å². The molecule has 20 heavy (non-hydrogen) atoms. The first-order chi connectivity index (χ1) is 9.61. The number of imidazole rings is 1. The zero-order valence-corrected chi connectivity index (χ0v) is 10.9. The molecule has 6 nitrogen and oxygen atoms in total. The number of aromatic amines is 2. The van der Waals surface area contributed by atoms with Crippen molar-refractivity contribution >= 4 is 28.9 Å². The minimum Gasteiger partial charge on any atom is -0.478 e. The number of carbonyl (C=O) groups is 1. The largest absolute Gasteiger partial charge is 0.478 e.